The number of rotatable bonds is 4. The van der Waals surface area contributed by atoms with Gasteiger partial charge in [0.2, 0.25) is 11.6 Å². The highest BCUT2D eigenvalue weighted by Crippen LogP contribution is 2.29. The quantitative estimate of drug-likeness (QED) is 0.315. The van der Waals surface area contributed by atoms with Gasteiger partial charge in [-0.1, -0.05) is 53.6 Å². The zero-order valence-electron chi connectivity index (χ0n) is 17.1. The Morgan fingerprint density at radius 3 is 1.90 bits per heavy atom. The zero-order valence-corrected chi connectivity index (χ0v) is 17.9. The molecule has 4 rings (SSSR count). The number of para-hydroxylation sites is 1. The summed E-state index contributed by atoms with van der Waals surface area (Å²) in [6, 6.07) is 23.9. The second-order valence-electron chi connectivity index (χ2n) is 7.14. The maximum atomic E-state index is 13.3. The number of azo groups is 1. The van der Waals surface area contributed by atoms with Crippen molar-refractivity contribution in [3.63, 3.8) is 0 Å². The summed E-state index contributed by atoms with van der Waals surface area (Å²) in [7, 11) is 0. The lowest BCUT2D eigenvalue weighted by Gasteiger charge is -2.16. The van der Waals surface area contributed by atoms with Gasteiger partial charge < -0.3 is 5.11 Å². The van der Waals surface area contributed by atoms with Gasteiger partial charge in [-0.2, -0.15) is 5.11 Å². The molecule has 0 atom stereocenters. The highest BCUT2D eigenvalue weighted by molar-refractivity contribution is 7.71. The molecule has 0 unspecified atom stereocenters. The first-order chi connectivity index (χ1) is 15.0. The van der Waals surface area contributed by atoms with Crippen molar-refractivity contribution in [3.8, 4) is 17.3 Å². The number of aromatic nitrogens is 2. The number of aryl methyl sites for hydroxylation is 2. The second-order valence-corrected chi connectivity index (χ2v) is 7.50. The molecule has 0 saturated carbocycles. The van der Waals surface area contributed by atoms with Crippen LogP contribution in [-0.4, -0.2) is 14.2 Å². The Bertz CT molecular complexity index is 1370. The minimum absolute atomic E-state index is 0.131. The lowest BCUT2D eigenvalue weighted by molar-refractivity contribution is 0.432. The molecule has 0 aliphatic rings. The topological polar surface area (TPSA) is 71.9 Å². The summed E-state index contributed by atoms with van der Waals surface area (Å²) in [5.41, 5.74) is 3.16. The van der Waals surface area contributed by atoms with Crippen LogP contribution in [0.2, 0.25) is 0 Å². The Balaban J connectivity index is 1.98. The molecule has 1 heterocycles. The minimum Gasteiger partial charge on any atom is -0.492 e. The van der Waals surface area contributed by atoms with Crippen LogP contribution in [0.5, 0.6) is 5.88 Å². The smallest absolute Gasteiger partial charge is 0.290 e. The van der Waals surface area contributed by atoms with Crippen molar-refractivity contribution in [3.05, 3.63) is 105 Å². The van der Waals surface area contributed by atoms with Gasteiger partial charge in [-0.05, 0) is 62.5 Å². The van der Waals surface area contributed by atoms with E-state index in [1.54, 1.807) is 24.3 Å². The van der Waals surface area contributed by atoms with Crippen LogP contribution in [0, 0.1) is 18.6 Å². The van der Waals surface area contributed by atoms with Crippen molar-refractivity contribution < 1.29 is 5.11 Å². The number of nitrogens with zero attached hydrogens (tertiary/aromatic N) is 4. The van der Waals surface area contributed by atoms with Crippen LogP contribution in [0.15, 0.2) is 93.9 Å². The third kappa shape index (κ3) is 4.08. The average molecular weight is 429 g/mol. The summed E-state index contributed by atoms with van der Waals surface area (Å²) < 4.78 is 2.90. The molecule has 0 spiro atoms. The van der Waals surface area contributed by atoms with Crippen molar-refractivity contribution in [2.24, 2.45) is 10.2 Å². The first-order valence-electron chi connectivity index (χ1n) is 9.67. The Morgan fingerprint density at radius 1 is 0.742 bits per heavy atom. The van der Waals surface area contributed by atoms with Crippen LogP contribution < -0.4 is 5.56 Å². The molecule has 1 N–H and O–H groups in total. The van der Waals surface area contributed by atoms with E-state index >= 15 is 0 Å². The van der Waals surface area contributed by atoms with E-state index in [-0.39, 0.29) is 16.3 Å². The molecule has 3 aromatic carbocycles. The Morgan fingerprint density at radius 2 is 1.29 bits per heavy atom. The van der Waals surface area contributed by atoms with E-state index in [1.165, 1.54) is 9.13 Å². The van der Waals surface area contributed by atoms with E-state index in [4.69, 9.17) is 12.2 Å². The van der Waals surface area contributed by atoms with Crippen molar-refractivity contribution in [2.45, 2.75) is 13.8 Å². The van der Waals surface area contributed by atoms with Crippen LogP contribution >= 0.6 is 12.2 Å². The van der Waals surface area contributed by atoms with Crippen molar-refractivity contribution in [1.29, 1.82) is 0 Å². The molecule has 1 aromatic heterocycles. The molecule has 31 heavy (non-hydrogen) atoms. The molecular weight excluding hydrogens is 408 g/mol. The van der Waals surface area contributed by atoms with Gasteiger partial charge in [0.05, 0.1) is 17.1 Å². The first-order valence-corrected chi connectivity index (χ1v) is 10.1. The predicted molar refractivity (Wildman–Crippen MR) is 124 cm³/mol. The van der Waals surface area contributed by atoms with Gasteiger partial charge >= 0.3 is 0 Å². The largest absolute Gasteiger partial charge is 0.492 e. The molecule has 4 aromatic rings. The summed E-state index contributed by atoms with van der Waals surface area (Å²) in [5, 5.41) is 19.3. The molecule has 0 aliphatic carbocycles. The summed E-state index contributed by atoms with van der Waals surface area (Å²) >= 11 is 5.61. The fraction of sp³-hybridized carbons (Fsp3) is 0.0833. The second kappa shape index (κ2) is 8.49. The van der Waals surface area contributed by atoms with Gasteiger partial charge in [-0.25, -0.2) is 0 Å². The number of hydrogen-bond acceptors (Lipinski definition) is 5. The Labute approximate surface area is 184 Å². The summed E-state index contributed by atoms with van der Waals surface area (Å²) in [5.74, 6) is -0.359. The summed E-state index contributed by atoms with van der Waals surface area (Å²) in [4.78, 5) is 13.3. The number of benzene rings is 3. The normalized spacial score (nSPS) is 11.2. The van der Waals surface area contributed by atoms with Gasteiger partial charge in [-0.3, -0.25) is 13.9 Å². The van der Waals surface area contributed by atoms with Crippen molar-refractivity contribution in [1.82, 2.24) is 9.13 Å². The zero-order chi connectivity index (χ0) is 22.0. The molecular formula is C24H20N4O2S. The van der Waals surface area contributed by atoms with Gasteiger partial charge in [0.15, 0.2) is 4.77 Å². The molecule has 0 fully saturated rings. The average Bonchev–Trinajstić information content (AvgIpc) is 2.77. The molecule has 0 bridgehead atoms. The van der Waals surface area contributed by atoms with E-state index < -0.39 is 5.56 Å². The Kier molecular flexibility index (Phi) is 5.60. The lowest BCUT2D eigenvalue weighted by atomic mass is 10.2. The molecule has 7 heteroatoms. The maximum Gasteiger partial charge on any atom is 0.290 e. The van der Waals surface area contributed by atoms with E-state index in [9.17, 15) is 9.90 Å². The molecule has 6 nitrogen and oxygen atoms in total. The van der Waals surface area contributed by atoms with Gasteiger partial charge in [-0.15, -0.1) is 5.11 Å². The summed E-state index contributed by atoms with van der Waals surface area (Å²) in [6.45, 7) is 3.94. The van der Waals surface area contributed by atoms with Gasteiger partial charge in [0, 0.05) is 0 Å². The monoisotopic (exact) mass is 428 g/mol. The van der Waals surface area contributed by atoms with Crippen LogP contribution in [-0.2, 0) is 0 Å². The van der Waals surface area contributed by atoms with E-state index in [2.05, 4.69) is 10.2 Å². The standard InChI is InChI=1S/C24H20N4O2S/c1-16-8-12-18(13-9-16)25-26-21-22(29)27(19-6-4-3-5-7-19)24(31)28(23(21)30)20-14-10-17(2)11-15-20/h3-15,30H,1-2H3. The SMILES string of the molecule is Cc1ccc(N=Nc2c(O)n(-c3ccc(C)cc3)c(=S)n(-c3ccccc3)c2=O)cc1. The third-order valence-electron chi connectivity index (χ3n) is 4.82. The highest BCUT2D eigenvalue weighted by atomic mass is 32.1. The maximum absolute atomic E-state index is 13.3. The Hall–Kier alpha value is -3.84. The van der Waals surface area contributed by atoms with Crippen LogP contribution in [0.1, 0.15) is 11.1 Å². The van der Waals surface area contributed by atoms with Gasteiger partial charge in [0.25, 0.3) is 5.56 Å². The number of hydrogen-bond donors (Lipinski definition) is 1. The minimum atomic E-state index is -0.548. The predicted octanol–water partition coefficient (Wildman–Crippen LogP) is 6.10. The lowest BCUT2D eigenvalue weighted by Crippen LogP contribution is -2.23. The van der Waals surface area contributed by atoms with Crippen molar-refractivity contribution >= 4 is 23.6 Å². The van der Waals surface area contributed by atoms with Crippen LogP contribution in [0.4, 0.5) is 11.4 Å². The fourth-order valence-electron chi connectivity index (χ4n) is 3.12. The molecule has 0 saturated heterocycles. The fourth-order valence-corrected chi connectivity index (χ4v) is 3.50. The summed E-state index contributed by atoms with van der Waals surface area (Å²) in [6.07, 6.45) is 0. The third-order valence-corrected chi connectivity index (χ3v) is 5.18. The molecule has 154 valence electrons. The van der Waals surface area contributed by atoms with Gasteiger partial charge in [0.1, 0.15) is 0 Å². The van der Waals surface area contributed by atoms with E-state index in [0.29, 0.717) is 17.1 Å². The van der Waals surface area contributed by atoms with Crippen molar-refractivity contribution in [2.75, 3.05) is 0 Å². The van der Waals surface area contributed by atoms with Crippen LogP contribution in [0.3, 0.4) is 0 Å². The van der Waals surface area contributed by atoms with E-state index in [0.717, 1.165) is 11.1 Å². The van der Waals surface area contributed by atoms with E-state index in [1.807, 2.05) is 68.4 Å². The molecule has 0 aliphatic heterocycles. The molecule has 0 radical (unpaired) electrons. The number of aromatic hydroxyl groups is 1. The highest BCUT2D eigenvalue weighted by Gasteiger charge is 2.19. The first kappa shape index (κ1) is 20.4. The van der Waals surface area contributed by atoms with Crippen LogP contribution in [0.25, 0.3) is 11.4 Å². The molecule has 0 amide bonds.